The maximum Gasteiger partial charge on any atom is 0.307 e. The van der Waals surface area contributed by atoms with Crippen LogP contribution in [0.3, 0.4) is 0 Å². The molecule has 2 aliphatic rings. The summed E-state index contributed by atoms with van der Waals surface area (Å²) in [6.45, 7) is 2.14. The number of hydrogen-bond donors (Lipinski definition) is 1. The van der Waals surface area contributed by atoms with Gasteiger partial charge in [-0.25, -0.2) is 4.39 Å². The Morgan fingerprint density at radius 1 is 1.33 bits per heavy atom. The first-order valence-electron chi connectivity index (χ1n) is 6.97. The Bertz CT molecular complexity index is 603. The highest BCUT2D eigenvalue weighted by Crippen LogP contribution is 2.40. The van der Waals surface area contributed by atoms with Crippen molar-refractivity contribution in [2.24, 2.45) is 11.8 Å². The van der Waals surface area contributed by atoms with E-state index in [2.05, 4.69) is 0 Å². The van der Waals surface area contributed by atoms with E-state index in [1.807, 2.05) is 0 Å². The molecule has 0 aromatic heterocycles. The number of carboxylic acids is 1. The van der Waals surface area contributed by atoms with Crippen LogP contribution in [0.15, 0.2) is 18.2 Å². The van der Waals surface area contributed by atoms with Gasteiger partial charge in [0.25, 0.3) is 0 Å². The molecule has 1 aliphatic heterocycles. The minimum Gasteiger partial charge on any atom is -0.487 e. The molecule has 1 N–H and O–H groups in total. The topological polar surface area (TPSA) is 66.8 Å². The lowest BCUT2D eigenvalue weighted by Gasteiger charge is -2.39. The number of anilines is 1. The molecule has 3 rings (SSSR count). The summed E-state index contributed by atoms with van der Waals surface area (Å²) in [7, 11) is 0. The lowest BCUT2D eigenvalue weighted by Crippen LogP contribution is -2.50. The van der Waals surface area contributed by atoms with Gasteiger partial charge in [-0.15, -0.1) is 0 Å². The van der Waals surface area contributed by atoms with Gasteiger partial charge in [0.15, 0.2) is 0 Å². The monoisotopic (exact) mass is 293 g/mol. The predicted molar refractivity (Wildman–Crippen MR) is 72.7 cm³/mol. The minimum atomic E-state index is -0.930. The molecule has 1 fully saturated rings. The molecule has 0 saturated heterocycles. The van der Waals surface area contributed by atoms with Gasteiger partial charge in [0.1, 0.15) is 17.7 Å². The highest BCUT2D eigenvalue weighted by molar-refractivity contribution is 5.99. The van der Waals surface area contributed by atoms with Crippen molar-refractivity contribution < 1.29 is 23.8 Å². The Morgan fingerprint density at radius 2 is 2.05 bits per heavy atom. The third-order valence-electron chi connectivity index (χ3n) is 4.16. The number of carbonyl (C=O) groups excluding carboxylic acids is 1. The molecule has 1 heterocycles. The second-order valence-electron chi connectivity index (χ2n) is 5.62. The molecule has 0 spiro atoms. The lowest BCUT2D eigenvalue weighted by molar-refractivity contribution is -0.152. The number of aliphatic carboxylic acids is 1. The first-order valence-corrected chi connectivity index (χ1v) is 6.97. The molecule has 6 heteroatoms. The van der Waals surface area contributed by atoms with Crippen LogP contribution in [0.4, 0.5) is 10.1 Å². The van der Waals surface area contributed by atoms with Gasteiger partial charge in [-0.2, -0.15) is 0 Å². The number of benzene rings is 1. The fourth-order valence-electron chi connectivity index (χ4n) is 2.91. The average molecular weight is 293 g/mol. The Labute approximate surface area is 121 Å². The summed E-state index contributed by atoms with van der Waals surface area (Å²) in [6.07, 6.45) is 0.853. The highest BCUT2D eigenvalue weighted by atomic mass is 19.1. The van der Waals surface area contributed by atoms with Crippen molar-refractivity contribution in [3.8, 4) is 5.75 Å². The number of fused-ring (bicyclic) bond motifs is 1. The molecule has 0 bridgehead atoms. The normalized spacial score (nSPS) is 27.3. The van der Waals surface area contributed by atoms with Crippen LogP contribution < -0.4 is 9.64 Å². The zero-order valence-electron chi connectivity index (χ0n) is 11.6. The van der Waals surface area contributed by atoms with Crippen molar-refractivity contribution in [2.45, 2.75) is 25.9 Å². The molecule has 0 radical (unpaired) electrons. The molecule has 1 amide bonds. The van der Waals surface area contributed by atoms with E-state index in [-0.39, 0.29) is 12.0 Å². The van der Waals surface area contributed by atoms with Gasteiger partial charge < -0.3 is 14.7 Å². The van der Waals surface area contributed by atoms with Gasteiger partial charge >= 0.3 is 5.97 Å². The maximum absolute atomic E-state index is 13.3. The molecule has 3 unspecified atom stereocenters. The molecular weight excluding hydrogens is 277 g/mol. The van der Waals surface area contributed by atoms with Gasteiger partial charge in [-0.1, -0.05) is 0 Å². The van der Waals surface area contributed by atoms with E-state index in [9.17, 15) is 14.0 Å². The highest BCUT2D eigenvalue weighted by Gasteiger charge is 2.44. The standard InChI is InChI=1S/C15H16FNO4/c1-8-7-17(12-5-2-9(16)6-13(12)21-8)14(18)10-3-4-11(10)15(19)20/h2,5-6,8,10-11H,3-4,7H2,1H3,(H,19,20). The maximum atomic E-state index is 13.3. The van der Waals surface area contributed by atoms with Crippen molar-refractivity contribution in [1.29, 1.82) is 0 Å². The van der Waals surface area contributed by atoms with Crippen LogP contribution in [0, 0.1) is 17.7 Å². The number of carboxylic acid groups (broad SMARTS) is 1. The van der Waals surface area contributed by atoms with Crippen LogP contribution in [-0.2, 0) is 9.59 Å². The molecule has 21 heavy (non-hydrogen) atoms. The Kier molecular flexibility index (Phi) is 3.31. The van der Waals surface area contributed by atoms with E-state index in [4.69, 9.17) is 9.84 Å². The summed E-state index contributed by atoms with van der Waals surface area (Å²) >= 11 is 0. The molecule has 3 atom stereocenters. The smallest absolute Gasteiger partial charge is 0.307 e. The molecule has 5 nitrogen and oxygen atoms in total. The van der Waals surface area contributed by atoms with Gasteiger partial charge in [0.05, 0.1) is 24.1 Å². The van der Waals surface area contributed by atoms with Crippen LogP contribution in [0.1, 0.15) is 19.8 Å². The van der Waals surface area contributed by atoms with Crippen molar-refractivity contribution in [3.63, 3.8) is 0 Å². The van der Waals surface area contributed by atoms with E-state index in [0.717, 1.165) is 0 Å². The zero-order chi connectivity index (χ0) is 15.1. The number of ether oxygens (including phenoxy) is 1. The number of carbonyl (C=O) groups is 2. The SMILES string of the molecule is CC1CN(C(=O)C2CCC2C(=O)O)c2ccc(F)cc2O1. The fraction of sp³-hybridized carbons (Fsp3) is 0.467. The molecule has 1 aromatic carbocycles. The Balaban J connectivity index is 1.89. The molecule has 1 aromatic rings. The quantitative estimate of drug-likeness (QED) is 0.906. The first-order chi connectivity index (χ1) is 9.97. The van der Waals surface area contributed by atoms with Crippen molar-refractivity contribution >= 4 is 17.6 Å². The van der Waals surface area contributed by atoms with Crippen LogP contribution in [-0.4, -0.2) is 29.6 Å². The van der Waals surface area contributed by atoms with Crippen LogP contribution >= 0.6 is 0 Å². The van der Waals surface area contributed by atoms with E-state index < -0.39 is 23.6 Å². The summed E-state index contributed by atoms with van der Waals surface area (Å²) in [5.41, 5.74) is 0.510. The summed E-state index contributed by atoms with van der Waals surface area (Å²) < 4.78 is 18.8. The van der Waals surface area contributed by atoms with Gasteiger partial charge in [0, 0.05) is 6.07 Å². The zero-order valence-corrected chi connectivity index (χ0v) is 11.6. The molecule has 112 valence electrons. The van der Waals surface area contributed by atoms with E-state index in [1.54, 1.807) is 6.92 Å². The van der Waals surface area contributed by atoms with Gasteiger partial charge in [0.2, 0.25) is 5.91 Å². The number of hydrogen-bond acceptors (Lipinski definition) is 3. The number of rotatable bonds is 2. The van der Waals surface area contributed by atoms with Crippen LogP contribution in [0.25, 0.3) is 0 Å². The number of nitrogens with zero attached hydrogens (tertiary/aromatic N) is 1. The largest absolute Gasteiger partial charge is 0.487 e. The lowest BCUT2D eigenvalue weighted by atomic mass is 9.72. The first kappa shape index (κ1) is 13.9. The molecule has 1 aliphatic carbocycles. The van der Waals surface area contributed by atoms with Crippen molar-refractivity contribution in [1.82, 2.24) is 0 Å². The third-order valence-corrected chi connectivity index (χ3v) is 4.16. The Morgan fingerprint density at radius 3 is 2.67 bits per heavy atom. The van der Waals surface area contributed by atoms with Gasteiger partial charge in [-0.05, 0) is 31.9 Å². The van der Waals surface area contributed by atoms with E-state index >= 15 is 0 Å². The van der Waals surface area contributed by atoms with Crippen molar-refractivity contribution in [2.75, 3.05) is 11.4 Å². The second-order valence-corrected chi connectivity index (χ2v) is 5.62. The fourth-order valence-corrected chi connectivity index (χ4v) is 2.91. The second kappa shape index (κ2) is 5.02. The Hall–Kier alpha value is -2.11. The molecule has 1 saturated carbocycles. The summed E-state index contributed by atoms with van der Waals surface area (Å²) in [4.78, 5) is 25.2. The summed E-state index contributed by atoms with van der Waals surface area (Å²) in [5.74, 6) is -2.35. The van der Waals surface area contributed by atoms with E-state index in [1.165, 1.54) is 23.1 Å². The van der Waals surface area contributed by atoms with E-state index in [0.29, 0.717) is 30.8 Å². The summed E-state index contributed by atoms with van der Waals surface area (Å²) in [6, 6.07) is 4.03. The minimum absolute atomic E-state index is 0.211. The van der Waals surface area contributed by atoms with Crippen molar-refractivity contribution in [3.05, 3.63) is 24.0 Å². The average Bonchev–Trinajstić information content (AvgIpc) is 2.34. The predicted octanol–water partition coefficient (Wildman–Crippen LogP) is 2.05. The number of amides is 1. The molecular formula is C15H16FNO4. The number of halogens is 1. The van der Waals surface area contributed by atoms with Gasteiger partial charge in [-0.3, -0.25) is 9.59 Å². The van der Waals surface area contributed by atoms with Crippen LogP contribution in [0.5, 0.6) is 5.75 Å². The van der Waals surface area contributed by atoms with Crippen LogP contribution in [0.2, 0.25) is 0 Å². The summed E-state index contributed by atoms with van der Waals surface area (Å²) in [5, 5.41) is 9.09. The third kappa shape index (κ3) is 2.34.